The molecule has 1 aromatic rings. The van der Waals surface area contributed by atoms with Gasteiger partial charge in [-0.25, -0.2) is 9.78 Å². The molecule has 0 atom stereocenters. The minimum Gasteiger partial charge on any atom is -0.476 e. The standard InChI is InChI=1S/C8H12N2O2/c1-4(2)6-7(8(11)12)10-5(3)9-6/h4H,1-3H3,(H,9,10)(H,11,12). The molecule has 0 bridgehead atoms. The van der Waals surface area contributed by atoms with Gasteiger partial charge in [0.05, 0.1) is 5.69 Å². The van der Waals surface area contributed by atoms with Gasteiger partial charge in [-0.1, -0.05) is 13.8 Å². The Hall–Kier alpha value is -1.32. The van der Waals surface area contributed by atoms with Crippen molar-refractivity contribution in [1.29, 1.82) is 0 Å². The molecule has 0 aliphatic rings. The lowest BCUT2D eigenvalue weighted by atomic mass is 10.1. The number of aromatic carboxylic acids is 1. The van der Waals surface area contributed by atoms with Gasteiger partial charge in [0, 0.05) is 0 Å². The summed E-state index contributed by atoms with van der Waals surface area (Å²) in [6, 6.07) is 0. The van der Waals surface area contributed by atoms with Crippen molar-refractivity contribution in [3.8, 4) is 0 Å². The Kier molecular flexibility index (Phi) is 2.17. The third kappa shape index (κ3) is 1.47. The average molecular weight is 168 g/mol. The third-order valence-corrected chi connectivity index (χ3v) is 1.63. The summed E-state index contributed by atoms with van der Waals surface area (Å²) in [6.45, 7) is 5.61. The third-order valence-electron chi connectivity index (χ3n) is 1.63. The molecule has 2 N–H and O–H groups in total. The van der Waals surface area contributed by atoms with Crippen molar-refractivity contribution >= 4 is 5.97 Å². The van der Waals surface area contributed by atoms with E-state index in [4.69, 9.17) is 5.11 Å². The summed E-state index contributed by atoms with van der Waals surface area (Å²) < 4.78 is 0. The van der Waals surface area contributed by atoms with Crippen molar-refractivity contribution in [2.75, 3.05) is 0 Å². The molecule has 0 saturated carbocycles. The monoisotopic (exact) mass is 168 g/mol. The maximum atomic E-state index is 10.7. The molecule has 1 heterocycles. The number of aromatic nitrogens is 2. The van der Waals surface area contributed by atoms with E-state index in [1.807, 2.05) is 13.8 Å². The maximum Gasteiger partial charge on any atom is 0.356 e. The lowest BCUT2D eigenvalue weighted by Gasteiger charge is -2.00. The van der Waals surface area contributed by atoms with Gasteiger partial charge in [-0.05, 0) is 12.8 Å². The molecule has 4 nitrogen and oxygen atoms in total. The topological polar surface area (TPSA) is 66.0 Å². The van der Waals surface area contributed by atoms with Gasteiger partial charge in [-0.15, -0.1) is 0 Å². The minimum absolute atomic E-state index is 0.141. The molecule has 0 amide bonds. The number of hydrogen-bond acceptors (Lipinski definition) is 2. The summed E-state index contributed by atoms with van der Waals surface area (Å²) >= 11 is 0. The van der Waals surface area contributed by atoms with Crippen LogP contribution in [0.3, 0.4) is 0 Å². The molecule has 0 saturated heterocycles. The van der Waals surface area contributed by atoms with E-state index in [0.29, 0.717) is 11.5 Å². The van der Waals surface area contributed by atoms with Crippen LogP contribution in [0.25, 0.3) is 0 Å². The van der Waals surface area contributed by atoms with Crippen LogP contribution in [-0.4, -0.2) is 21.0 Å². The van der Waals surface area contributed by atoms with Gasteiger partial charge < -0.3 is 10.1 Å². The molecule has 0 spiro atoms. The van der Waals surface area contributed by atoms with E-state index in [1.54, 1.807) is 6.92 Å². The number of rotatable bonds is 2. The van der Waals surface area contributed by atoms with E-state index >= 15 is 0 Å². The summed E-state index contributed by atoms with van der Waals surface area (Å²) in [7, 11) is 0. The number of imidazole rings is 1. The number of carboxylic acids is 1. The van der Waals surface area contributed by atoms with E-state index in [2.05, 4.69) is 9.97 Å². The first-order valence-corrected chi connectivity index (χ1v) is 3.82. The van der Waals surface area contributed by atoms with E-state index in [1.165, 1.54) is 0 Å². The molecular weight excluding hydrogens is 156 g/mol. The second-order valence-corrected chi connectivity index (χ2v) is 3.04. The first-order valence-electron chi connectivity index (χ1n) is 3.82. The normalized spacial score (nSPS) is 10.7. The Morgan fingerprint density at radius 1 is 1.58 bits per heavy atom. The number of H-pyrrole nitrogens is 1. The summed E-state index contributed by atoms with van der Waals surface area (Å²) in [6.07, 6.45) is 0. The molecule has 4 heteroatoms. The van der Waals surface area contributed by atoms with Crippen LogP contribution in [0.2, 0.25) is 0 Å². The van der Waals surface area contributed by atoms with Crippen LogP contribution in [0.4, 0.5) is 0 Å². The van der Waals surface area contributed by atoms with Crippen LogP contribution in [-0.2, 0) is 0 Å². The van der Waals surface area contributed by atoms with Crippen molar-refractivity contribution in [2.24, 2.45) is 0 Å². The predicted octanol–water partition coefficient (Wildman–Crippen LogP) is 1.54. The van der Waals surface area contributed by atoms with Crippen LogP contribution in [0.15, 0.2) is 0 Å². The quantitative estimate of drug-likeness (QED) is 0.703. The summed E-state index contributed by atoms with van der Waals surface area (Å²) in [4.78, 5) is 17.5. The molecule has 0 aromatic carbocycles. The van der Waals surface area contributed by atoms with Crippen LogP contribution in [0.1, 0.15) is 41.8 Å². The Balaban J connectivity index is 3.17. The first-order chi connectivity index (χ1) is 5.52. The first kappa shape index (κ1) is 8.77. The number of nitrogens with one attached hydrogen (secondary N) is 1. The van der Waals surface area contributed by atoms with Crippen molar-refractivity contribution in [1.82, 2.24) is 9.97 Å². The lowest BCUT2D eigenvalue weighted by Crippen LogP contribution is -2.02. The number of aromatic amines is 1. The highest BCUT2D eigenvalue weighted by Crippen LogP contribution is 2.16. The molecule has 1 rings (SSSR count). The van der Waals surface area contributed by atoms with Gasteiger partial charge in [-0.2, -0.15) is 0 Å². The molecule has 0 radical (unpaired) electrons. The summed E-state index contributed by atoms with van der Waals surface area (Å²) in [5.74, 6) is -0.156. The Morgan fingerprint density at radius 3 is 2.50 bits per heavy atom. The number of hydrogen-bond donors (Lipinski definition) is 2. The number of nitrogens with zero attached hydrogens (tertiary/aromatic N) is 1. The highest BCUT2D eigenvalue weighted by Gasteiger charge is 2.16. The summed E-state index contributed by atoms with van der Waals surface area (Å²) in [5.41, 5.74) is 0.836. The van der Waals surface area contributed by atoms with Gasteiger partial charge in [0.1, 0.15) is 5.82 Å². The Bertz CT molecular complexity index is 302. The molecule has 0 aliphatic heterocycles. The second-order valence-electron chi connectivity index (χ2n) is 3.04. The molecule has 0 aliphatic carbocycles. The maximum absolute atomic E-state index is 10.7. The predicted molar refractivity (Wildman–Crippen MR) is 44.4 cm³/mol. The van der Waals surface area contributed by atoms with Crippen LogP contribution in [0, 0.1) is 6.92 Å². The van der Waals surface area contributed by atoms with Gasteiger partial charge in [0.15, 0.2) is 5.69 Å². The van der Waals surface area contributed by atoms with Crippen molar-refractivity contribution in [3.63, 3.8) is 0 Å². The van der Waals surface area contributed by atoms with Crippen LogP contribution in [0.5, 0.6) is 0 Å². The largest absolute Gasteiger partial charge is 0.476 e. The SMILES string of the molecule is Cc1nc(C(=O)O)c(C(C)C)[nH]1. The zero-order valence-electron chi connectivity index (χ0n) is 7.38. The second kappa shape index (κ2) is 2.97. The average Bonchev–Trinajstić information content (AvgIpc) is 2.31. The van der Waals surface area contributed by atoms with E-state index in [-0.39, 0.29) is 11.6 Å². The summed E-state index contributed by atoms with van der Waals surface area (Å²) in [5, 5.41) is 8.75. The van der Waals surface area contributed by atoms with E-state index < -0.39 is 5.97 Å². The number of carbonyl (C=O) groups is 1. The lowest BCUT2D eigenvalue weighted by molar-refractivity contribution is 0.0689. The fraction of sp³-hybridized carbons (Fsp3) is 0.500. The van der Waals surface area contributed by atoms with Gasteiger partial charge in [-0.3, -0.25) is 0 Å². The molecule has 12 heavy (non-hydrogen) atoms. The fourth-order valence-corrected chi connectivity index (χ4v) is 1.09. The van der Waals surface area contributed by atoms with E-state index in [9.17, 15) is 4.79 Å². The Morgan fingerprint density at radius 2 is 2.17 bits per heavy atom. The molecule has 0 unspecified atom stereocenters. The number of aryl methyl sites for hydroxylation is 1. The highest BCUT2D eigenvalue weighted by molar-refractivity contribution is 5.86. The number of carboxylic acid groups (broad SMARTS) is 1. The van der Waals surface area contributed by atoms with Gasteiger partial charge in [0.25, 0.3) is 0 Å². The van der Waals surface area contributed by atoms with Gasteiger partial charge >= 0.3 is 5.97 Å². The van der Waals surface area contributed by atoms with Crippen molar-refractivity contribution < 1.29 is 9.90 Å². The minimum atomic E-state index is -0.969. The zero-order chi connectivity index (χ0) is 9.30. The zero-order valence-corrected chi connectivity index (χ0v) is 7.38. The van der Waals surface area contributed by atoms with Crippen LogP contribution < -0.4 is 0 Å². The molecule has 66 valence electrons. The van der Waals surface area contributed by atoms with Crippen molar-refractivity contribution in [2.45, 2.75) is 26.7 Å². The fourth-order valence-electron chi connectivity index (χ4n) is 1.09. The van der Waals surface area contributed by atoms with E-state index in [0.717, 1.165) is 0 Å². The highest BCUT2D eigenvalue weighted by atomic mass is 16.4. The van der Waals surface area contributed by atoms with Crippen LogP contribution >= 0.6 is 0 Å². The van der Waals surface area contributed by atoms with Gasteiger partial charge in [0.2, 0.25) is 0 Å². The Labute approximate surface area is 70.6 Å². The molecule has 1 aromatic heterocycles. The van der Waals surface area contributed by atoms with Crippen molar-refractivity contribution in [3.05, 3.63) is 17.2 Å². The molecular formula is C8H12N2O2. The molecule has 0 fully saturated rings. The smallest absolute Gasteiger partial charge is 0.356 e.